The van der Waals surface area contributed by atoms with E-state index in [2.05, 4.69) is 0 Å². The molecule has 1 aromatic rings. The number of carbonyl (C=O) groups excluding carboxylic acids is 1. The number of anilines is 2. The van der Waals surface area contributed by atoms with Gasteiger partial charge in [-0.2, -0.15) is 0 Å². The van der Waals surface area contributed by atoms with Crippen LogP contribution in [0.25, 0.3) is 0 Å². The molecular formula is C10H11FN2O. The smallest absolute Gasteiger partial charge is 0.231 e. The molecule has 3 nitrogen and oxygen atoms in total. The summed E-state index contributed by atoms with van der Waals surface area (Å²) in [6.07, 6.45) is 0.255. The van der Waals surface area contributed by atoms with Crippen LogP contribution in [-0.4, -0.2) is 12.5 Å². The number of nitrogens with two attached hydrogens (primary N) is 1. The molecule has 1 heterocycles. The van der Waals surface area contributed by atoms with Gasteiger partial charge < -0.3 is 10.6 Å². The lowest BCUT2D eigenvalue weighted by atomic mass is 10.1. The van der Waals surface area contributed by atoms with Crippen molar-refractivity contribution in [3.05, 3.63) is 23.5 Å². The lowest BCUT2D eigenvalue weighted by molar-refractivity contribution is -0.117. The Morgan fingerprint density at radius 2 is 2.29 bits per heavy atom. The zero-order valence-electron chi connectivity index (χ0n) is 7.88. The molecule has 0 aliphatic carbocycles. The highest BCUT2D eigenvalue weighted by molar-refractivity contribution is 6.01. The first-order valence-electron chi connectivity index (χ1n) is 4.51. The van der Waals surface area contributed by atoms with Crippen molar-refractivity contribution in [1.82, 2.24) is 0 Å². The minimum Gasteiger partial charge on any atom is -0.399 e. The zero-order chi connectivity index (χ0) is 10.3. The SMILES string of the molecule is CCN1C(=O)Cc2cc(N)cc(F)c21. The second kappa shape index (κ2) is 2.97. The maximum atomic E-state index is 13.5. The van der Waals surface area contributed by atoms with E-state index in [9.17, 15) is 9.18 Å². The molecule has 0 spiro atoms. The molecule has 0 aromatic heterocycles. The molecule has 0 atom stereocenters. The molecule has 2 N–H and O–H groups in total. The predicted molar refractivity (Wildman–Crippen MR) is 52.5 cm³/mol. The maximum absolute atomic E-state index is 13.5. The summed E-state index contributed by atoms with van der Waals surface area (Å²) in [6, 6.07) is 2.91. The summed E-state index contributed by atoms with van der Waals surface area (Å²) in [5.41, 5.74) is 6.95. The third-order valence-electron chi connectivity index (χ3n) is 2.39. The quantitative estimate of drug-likeness (QED) is 0.685. The lowest BCUT2D eigenvalue weighted by Gasteiger charge is -2.15. The van der Waals surface area contributed by atoms with Crippen molar-refractivity contribution in [3.63, 3.8) is 0 Å². The van der Waals surface area contributed by atoms with Crippen LogP contribution in [0.2, 0.25) is 0 Å². The molecule has 0 bridgehead atoms. The maximum Gasteiger partial charge on any atom is 0.231 e. The number of nitrogens with zero attached hydrogens (tertiary/aromatic N) is 1. The Labute approximate surface area is 81.3 Å². The van der Waals surface area contributed by atoms with Gasteiger partial charge in [-0.1, -0.05) is 0 Å². The number of nitrogen functional groups attached to an aromatic ring is 1. The molecule has 1 aromatic carbocycles. The average Bonchev–Trinajstić information content (AvgIpc) is 2.40. The van der Waals surface area contributed by atoms with Gasteiger partial charge in [0.1, 0.15) is 5.82 Å². The van der Waals surface area contributed by atoms with Crippen LogP contribution in [0.3, 0.4) is 0 Å². The van der Waals surface area contributed by atoms with Gasteiger partial charge >= 0.3 is 0 Å². The van der Waals surface area contributed by atoms with Crippen LogP contribution in [0.5, 0.6) is 0 Å². The monoisotopic (exact) mass is 194 g/mol. The fourth-order valence-electron chi connectivity index (χ4n) is 1.83. The van der Waals surface area contributed by atoms with Crippen LogP contribution in [0.15, 0.2) is 12.1 Å². The van der Waals surface area contributed by atoms with Crippen LogP contribution < -0.4 is 10.6 Å². The molecule has 2 rings (SSSR count). The molecule has 0 saturated heterocycles. The van der Waals surface area contributed by atoms with Crippen LogP contribution >= 0.6 is 0 Å². The molecule has 1 aliphatic heterocycles. The van der Waals surface area contributed by atoms with Gasteiger partial charge in [-0.05, 0) is 24.6 Å². The summed E-state index contributed by atoms with van der Waals surface area (Å²) < 4.78 is 13.5. The Balaban J connectivity index is 2.58. The summed E-state index contributed by atoms with van der Waals surface area (Å²) >= 11 is 0. The van der Waals surface area contributed by atoms with Crippen molar-refractivity contribution in [2.45, 2.75) is 13.3 Å². The molecule has 1 amide bonds. The summed E-state index contributed by atoms with van der Waals surface area (Å²) in [5, 5.41) is 0. The van der Waals surface area contributed by atoms with E-state index < -0.39 is 5.82 Å². The summed E-state index contributed by atoms with van der Waals surface area (Å²) in [7, 11) is 0. The van der Waals surface area contributed by atoms with Crippen molar-refractivity contribution in [1.29, 1.82) is 0 Å². The third-order valence-corrected chi connectivity index (χ3v) is 2.39. The second-order valence-corrected chi connectivity index (χ2v) is 3.33. The lowest BCUT2D eigenvalue weighted by Crippen LogP contribution is -2.26. The van der Waals surface area contributed by atoms with E-state index in [1.165, 1.54) is 11.0 Å². The van der Waals surface area contributed by atoms with Crippen molar-refractivity contribution < 1.29 is 9.18 Å². The van der Waals surface area contributed by atoms with Crippen LogP contribution in [0, 0.1) is 5.82 Å². The molecule has 1 aliphatic rings. The highest BCUT2D eigenvalue weighted by Crippen LogP contribution is 2.33. The number of likely N-dealkylation sites (N-methyl/N-ethyl adjacent to an activating group) is 1. The largest absolute Gasteiger partial charge is 0.399 e. The van der Waals surface area contributed by atoms with Crippen molar-refractivity contribution in [2.24, 2.45) is 0 Å². The minimum absolute atomic E-state index is 0.0630. The van der Waals surface area contributed by atoms with Gasteiger partial charge in [-0.15, -0.1) is 0 Å². The molecule has 14 heavy (non-hydrogen) atoms. The predicted octanol–water partition coefficient (Wildman–Crippen LogP) is 1.32. The van der Waals surface area contributed by atoms with E-state index in [0.717, 1.165) is 0 Å². The van der Waals surface area contributed by atoms with Crippen LogP contribution in [-0.2, 0) is 11.2 Å². The summed E-state index contributed by atoms with van der Waals surface area (Å²) in [4.78, 5) is 12.9. The number of rotatable bonds is 1. The number of hydrogen-bond acceptors (Lipinski definition) is 2. The highest BCUT2D eigenvalue weighted by atomic mass is 19.1. The molecular weight excluding hydrogens is 183 g/mol. The number of carbonyl (C=O) groups is 1. The van der Waals surface area contributed by atoms with Gasteiger partial charge in [0.2, 0.25) is 5.91 Å². The average molecular weight is 194 g/mol. The van der Waals surface area contributed by atoms with Gasteiger partial charge in [0, 0.05) is 12.2 Å². The Bertz CT molecular complexity index is 403. The Kier molecular flexibility index (Phi) is 1.91. The normalized spacial score (nSPS) is 14.7. The van der Waals surface area contributed by atoms with Crippen molar-refractivity contribution in [2.75, 3.05) is 17.2 Å². The summed E-state index contributed by atoms with van der Waals surface area (Å²) in [6.45, 7) is 2.31. The van der Waals surface area contributed by atoms with E-state index in [0.29, 0.717) is 23.5 Å². The van der Waals surface area contributed by atoms with E-state index >= 15 is 0 Å². The van der Waals surface area contributed by atoms with Crippen LogP contribution in [0.1, 0.15) is 12.5 Å². The molecule has 0 saturated carbocycles. The van der Waals surface area contributed by atoms with E-state index in [-0.39, 0.29) is 12.3 Å². The van der Waals surface area contributed by atoms with Gasteiger partial charge in [0.15, 0.2) is 0 Å². The fourth-order valence-corrected chi connectivity index (χ4v) is 1.83. The Morgan fingerprint density at radius 3 is 2.93 bits per heavy atom. The molecule has 0 unspecified atom stereocenters. The number of halogens is 1. The molecule has 4 heteroatoms. The fraction of sp³-hybridized carbons (Fsp3) is 0.300. The van der Waals surface area contributed by atoms with Crippen molar-refractivity contribution in [3.8, 4) is 0 Å². The van der Waals surface area contributed by atoms with Gasteiger partial charge in [0.05, 0.1) is 12.1 Å². The molecule has 0 fully saturated rings. The van der Waals surface area contributed by atoms with E-state index in [4.69, 9.17) is 5.73 Å². The number of benzene rings is 1. The topological polar surface area (TPSA) is 46.3 Å². The zero-order valence-corrected chi connectivity index (χ0v) is 7.88. The first-order valence-corrected chi connectivity index (χ1v) is 4.51. The second-order valence-electron chi connectivity index (χ2n) is 3.33. The van der Waals surface area contributed by atoms with Gasteiger partial charge in [0.25, 0.3) is 0 Å². The Hall–Kier alpha value is -1.58. The first kappa shape index (κ1) is 8.99. The van der Waals surface area contributed by atoms with Gasteiger partial charge in [-0.3, -0.25) is 4.79 Å². The standard InChI is InChI=1S/C10H11FN2O/c1-2-13-9(14)4-6-3-7(12)5-8(11)10(6)13/h3,5H,2,4,12H2,1H3. The van der Waals surface area contributed by atoms with Gasteiger partial charge in [-0.25, -0.2) is 4.39 Å². The van der Waals surface area contributed by atoms with Crippen molar-refractivity contribution >= 4 is 17.3 Å². The first-order chi connectivity index (χ1) is 6.63. The van der Waals surface area contributed by atoms with E-state index in [1.807, 2.05) is 6.92 Å². The molecule has 74 valence electrons. The third kappa shape index (κ3) is 1.14. The molecule has 0 radical (unpaired) electrons. The van der Waals surface area contributed by atoms with Crippen LogP contribution in [0.4, 0.5) is 15.8 Å². The number of hydrogen-bond donors (Lipinski definition) is 1. The van der Waals surface area contributed by atoms with E-state index in [1.54, 1.807) is 6.07 Å². The summed E-state index contributed by atoms with van der Waals surface area (Å²) in [5.74, 6) is -0.472. The number of amides is 1. The highest BCUT2D eigenvalue weighted by Gasteiger charge is 2.29. The number of fused-ring (bicyclic) bond motifs is 1. The Morgan fingerprint density at radius 1 is 1.57 bits per heavy atom. The minimum atomic E-state index is -0.410.